The van der Waals surface area contributed by atoms with E-state index in [1.54, 1.807) is 11.8 Å². The number of hydrogen-bond acceptors (Lipinski definition) is 3. The predicted molar refractivity (Wildman–Crippen MR) is 63.8 cm³/mol. The van der Waals surface area contributed by atoms with Crippen molar-refractivity contribution < 1.29 is 9.13 Å². The second kappa shape index (κ2) is 7.26. The molecule has 1 rings (SSSR count). The Bertz CT molecular complexity index is 376. The Kier molecular flexibility index (Phi) is 5.91. The summed E-state index contributed by atoms with van der Waals surface area (Å²) in [5, 5.41) is 8.84. The maximum absolute atomic E-state index is 13.0. The number of halogens is 1. The molecular weight excluding hydrogens is 225 g/mol. The van der Waals surface area contributed by atoms with Crippen LogP contribution < -0.4 is 0 Å². The van der Waals surface area contributed by atoms with Gasteiger partial charge in [0.05, 0.1) is 18.2 Å². The molecule has 1 aromatic rings. The molecule has 0 aliphatic rings. The van der Waals surface area contributed by atoms with Crippen LogP contribution in [0.15, 0.2) is 18.2 Å². The Balaban J connectivity index is 2.46. The molecule has 16 heavy (non-hydrogen) atoms. The van der Waals surface area contributed by atoms with E-state index in [1.165, 1.54) is 18.2 Å². The number of hydrogen-bond donors (Lipinski definition) is 0. The van der Waals surface area contributed by atoms with Crippen LogP contribution in [-0.2, 0) is 10.5 Å². The Hall–Kier alpha value is -1.05. The lowest BCUT2D eigenvalue weighted by molar-refractivity contribution is 0.164. The zero-order chi connectivity index (χ0) is 11.8. The molecule has 86 valence electrons. The van der Waals surface area contributed by atoms with Crippen LogP contribution >= 0.6 is 11.8 Å². The first-order chi connectivity index (χ1) is 7.77. The highest BCUT2D eigenvalue weighted by Crippen LogP contribution is 2.17. The van der Waals surface area contributed by atoms with E-state index in [9.17, 15) is 4.39 Å². The van der Waals surface area contributed by atoms with Crippen molar-refractivity contribution in [2.45, 2.75) is 12.7 Å². The molecule has 0 amide bonds. The number of benzene rings is 1. The van der Waals surface area contributed by atoms with Crippen molar-refractivity contribution in [2.75, 3.05) is 19.0 Å². The number of rotatable bonds is 6. The van der Waals surface area contributed by atoms with Gasteiger partial charge in [0, 0.05) is 18.1 Å². The molecule has 0 heterocycles. The molecule has 0 radical (unpaired) electrons. The summed E-state index contributed by atoms with van der Waals surface area (Å²) in [6.07, 6.45) is 0. The molecular formula is C12H14FNOS. The fourth-order valence-corrected chi connectivity index (χ4v) is 2.07. The lowest BCUT2D eigenvalue weighted by Gasteiger charge is -2.04. The molecule has 0 atom stereocenters. The van der Waals surface area contributed by atoms with E-state index >= 15 is 0 Å². The second-order valence-corrected chi connectivity index (χ2v) is 4.27. The van der Waals surface area contributed by atoms with Crippen molar-refractivity contribution in [3.8, 4) is 6.07 Å². The van der Waals surface area contributed by atoms with E-state index in [1.807, 2.05) is 6.92 Å². The van der Waals surface area contributed by atoms with Crippen LogP contribution in [-0.4, -0.2) is 19.0 Å². The summed E-state index contributed by atoms with van der Waals surface area (Å²) < 4.78 is 18.2. The SMILES string of the molecule is CCOCCSCc1cc(F)ccc1C#N. The Morgan fingerprint density at radius 2 is 2.31 bits per heavy atom. The second-order valence-electron chi connectivity index (χ2n) is 3.16. The number of nitrogens with zero attached hydrogens (tertiary/aromatic N) is 1. The Labute approximate surface area is 99.4 Å². The standard InChI is InChI=1S/C12H14FNOS/c1-2-15-5-6-16-9-11-7-12(13)4-3-10(11)8-14/h3-4,7H,2,5-6,9H2,1H3. The summed E-state index contributed by atoms with van der Waals surface area (Å²) in [6, 6.07) is 6.32. The smallest absolute Gasteiger partial charge is 0.123 e. The molecule has 0 bridgehead atoms. The summed E-state index contributed by atoms with van der Waals surface area (Å²) in [6.45, 7) is 3.35. The maximum atomic E-state index is 13.0. The molecule has 0 saturated carbocycles. The van der Waals surface area contributed by atoms with E-state index in [4.69, 9.17) is 10.00 Å². The zero-order valence-corrected chi connectivity index (χ0v) is 10.0. The molecule has 1 aromatic carbocycles. The van der Waals surface area contributed by atoms with Crippen LogP contribution in [0, 0.1) is 17.1 Å². The third kappa shape index (κ3) is 4.21. The Morgan fingerprint density at radius 1 is 1.50 bits per heavy atom. The van der Waals surface area contributed by atoms with Gasteiger partial charge in [0.2, 0.25) is 0 Å². The third-order valence-electron chi connectivity index (χ3n) is 2.02. The first-order valence-electron chi connectivity index (χ1n) is 5.12. The van der Waals surface area contributed by atoms with Crippen LogP contribution in [0.2, 0.25) is 0 Å². The molecule has 2 nitrogen and oxygen atoms in total. The largest absolute Gasteiger partial charge is 0.381 e. The van der Waals surface area contributed by atoms with Crippen molar-refractivity contribution in [3.63, 3.8) is 0 Å². The minimum Gasteiger partial charge on any atom is -0.381 e. The fourth-order valence-electron chi connectivity index (χ4n) is 1.24. The van der Waals surface area contributed by atoms with E-state index < -0.39 is 0 Å². The topological polar surface area (TPSA) is 33.0 Å². The van der Waals surface area contributed by atoms with Gasteiger partial charge in [-0.25, -0.2) is 4.39 Å². The van der Waals surface area contributed by atoms with E-state index in [0.29, 0.717) is 24.5 Å². The fraction of sp³-hybridized carbons (Fsp3) is 0.417. The minimum absolute atomic E-state index is 0.292. The van der Waals surface area contributed by atoms with Crippen LogP contribution in [0.3, 0.4) is 0 Å². The van der Waals surface area contributed by atoms with Gasteiger partial charge in [-0.15, -0.1) is 0 Å². The predicted octanol–water partition coefficient (Wildman–Crippen LogP) is 2.97. The van der Waals surface area contributed by atoms with Crippen LogP contribution in [0.4, 0.5) is 4.39 Å². The van der Waals surface area contributed by atoms with Gasteiger partial charge in [0.25, 0.3) is 0 Å². The van der Waals surface area contributed by atoms with Crippen molar-refractivity contribution in [2.24, 2.45) is 0 Å². The first kappa shape index (κ1) is 13.0. The molecule has 0 spiro atoms. The van der Waals surface area contributed by atoms with Crippen LogP contribution in [0.25, 0.3) is 0 Å². The number of ether oxygens (including phenoxy) is 1. The van der Waals surface area contributed by atoms with Gasteiger partial charge in [0.1, 0.15) is 5.82 Å². The summed E-state index contributed by atoms with van der Waals surface area (Å²) in [5.41, 5.74) is 1.30. The van der Waals surface area contributed by atoms with Gasteiger partial charge in [-0.05, 0) is 30.7 Å². The average molecular weight is 239 g/mol. The van der Waals surface area contributed by atoms with Crippen molar-refractivity contribution in [1.29, 1.82) is 5.26 Å². The van der Waals surface area contributed by atoms with E-state index in [-0.39, 0.29) is 5.82 Å². The molecule has 0 N–H and O–H groups in total. The monoisotopic (exact) mass is 239 g/mol. The summed E-state index contributed by atoms with van der Waals surface area (Å²) in [5.74, 6) is 1.21. The summed E-state index contributed by atoms with van der Waals surface area (Å²) in [4.78, 5) is 0. The third-order valence-corrected chi connectivity index (χ3v) is 2.99. The van der Waals surface area contributed by atoms with Crippen molar-refractivity contribution in [3.05, 3.63) is 35.1 Å². The quantitative estimate of drug-likeness (QED) is 0.715. The number of nitriles is 1. The lowest BCUT2D eigenvalue weighted by Crippen LogP contribution is -1.97. The van der Waals surface area contributed by atoms with Gasteiger partial charge < -0.3 is 4.74 Å². The van der Waals surface area contributed by atoms with Crippen molar-refractivity contribution >= 4 is 11.8 Å². The highest BCUT2D eigenvalue weighted by molar-refractivity contribution is 7.98. The maximum Gasteiger partial charge on any atom is 0.123 e. The summed E-state index contributed by atoms with van der Waals surface area (Å²) >= 11 is 1.64. The van der Waals surface area contributed by atoms with Gasteiger partial charge in [-0.1, -0.05) is 0 Å². The number of thioether (sulfide) groups is 1. The molecule has 0 fully saturated rings. The lowest BCUT2D eigenvalue weighted by atomic mass is 10.1. The zero-order valence-electron chi connectivity index (χ0n) is 9.20. The minimum atomic E-state index is -0.292. The highest BCUT2D eigenvalue weighted by Gasteiger charge is 2.03. The molecule has 0 aliphatic heterocycles. The molecule has 0 aliphatic carbocycles. The molecule has 0 unspecified atom stereocenters. The van der Waals surface area contributed by atoms with Gasteiger partial charge in [-0.3, -0.25) is 0 Å². The van der Waals surface area contributed by atoms with Crippen LogP contribution in [0.1, 0.15) is 18.1 Å². The Morgan fingerprint density at radius 3 is 3.00 bits per heavy atom. The molecule has 0 saturated heterocycles. The highest BCUT2D eigenvalue weighted by atomic mass is 32.2. The van der Waals surface area contributed by atoms with E-state index in [0.717, 1.165) is 11.3 Å². The van der Waals surface area contributed by atoms with Crippen molar-refractivity contribution in [1.82, 2.24) is 0 Å². The first-order valence-corrected chi connectivity index (χ1v) is 6.27. The van der Waals surface area contributed by atoms with Crippen LogP contribution in [0.5, 0.6) is 0 Å². The normalized spacial score (nSPS) is 10.1. The summed E-state index contributed by atoms with van der Waals surface area (Å²) in [7, 11) is 0. The van der Waals surface area contributed by atoms with Gasteiger partial charge in [0.15, 0.2) is 0 Å². The van der Waals surface area contributed by atoms with E-state index in [2.05, 4.69) is 6.07 Å². The molecule has 0 aromatic heterocycles. The van der Waals surface area contributed by atoms with Gasteiger partial charge >= 0.3 is 0 Å². The average Bonchev–Trinajstić information content (AvgIpc) is 2.29. The van der Waals surface area contributed by atoms with Gasteiger partial charge in [-0.2, -0.15) is 17.0 Å². The molecule has 4 heteroatoms.